The van der Waals surface area contributed by atoms with Crippen molar-refractivity contribution in [3.63, 3.8) is 0 Å². The molecule has 0 heterocycles. The van der Waals surface area contributed by atoms with Gasteiger partial charge in [0.25, 0.3) is 5.91 Å². The van der Waals surface area contributed by atoms with Crippen molar-refractivity contribution in [1.82, 2.24) is 4.90 Å². The number of ether oxygens (including phenoxy) is 1. The Balaban J connectivity index is 2.30. The molecule has 0 aliphatic heterocycles. The predicted molar refractivity (Wildman–Crippen MR) is 57.8 cm³/mol. The van der Waals surface area contributed by atoms with Crippen LogP contribution >= 0.6 is 0 Å². The van der Waals surface area contributed by atoms with Gasteiger partial charge in [0, 0.05) is 24.4 Å². The van der Waals surface area contributed by atoms with Crippen LogP contribution in [-0.2, 0) is 14.3 Å². The molecule has 1 aliphatic carbocycles. The molecule has 2 unspecified atom stereocenters. The summed E-state index contributed by atoms with van der Waals surface area (Å²) in [4.78, 5) is 34.2. The van der Waals surface area contributed by atoms with Crippen molar-refractivity contribution in [2.75, 3.05) is 19.7 Å². The summed E-state index contributed by atoms with van der Waals surface area (Å²) in [5.41, 5.74) is 0. The minimum atomic E-state index is -0.828. The maximum Gasteiger partial charge on any atom is 0.316 e. The van der Waals surface area contributed by atoms with E-state index in [-0.39, 0.29) is 18.9 Å². The second-order valence-corrected chi connectivity index (χ2v) is 3.87. The van der Waals surface area contributed by atoms with Crippen LogP contribution in [0.15, 0.2) is 0 Å². The summed E-state index contributed by atoms with van der Waals surface area (Å²) in [6, 6.07) is -0.828. The maximum atomic E-state index is 11.5. The third kappa shape index (κ3) is 3.40. The van der Waals surface area contributed by atoms with Gasteiger partial charge in [0.15, 0.2) is 6.61 Å². The summed E-state index contributed by atoms with van der Waals surface area (Å²) in [5, 5.41) is 10.3. The van der Waals surface area contributed by atoms with Gasteiger partial charge >= 0.3 is 5.97 Å². The van der Waals surface area contributed by atoms with E-state index < -0.39 is 22.9 Å². The zero-order valence-corrected chi connectivity index (χ0v) is 9.92. The van der Waals surface area contributed by atoms with E-state index in [1.54, 1.807) is 0 Å². The van der Waals surface area contributed by atoms with Crippen LogP contribution in [-0.4, -0.2) is 47.4 Å². The van der Waals surface area contributed by atoms with Gasteiger partial charge in [0.05, 0.1) is 0 Å². The van der Waals surface area contributed by atoms with Gasteiger partial charge in [-0.25, -0.2) is 0 Å². The van der Waals surface area contributed by atoms with Gasteiger partial charge in [-0.3, -0.25) is 19.7 Å². The lowest BCUT2D eigenvalue weighted by Gasteiger charge is -2.18. The fraction of sp³-hybridized carbons (Fsp3) is 0.800. The topological polar surface area (TPSA) is 89.8 Å². The number of rotatable bonds is 6. The number of amides is 1. The fourth-order valence-electron chi connectivity index (χ4n) is 1.58. The van der Waals surface area contributed by atoms with Gasteiger partial charge in [0.2, 0.25) is 6.04 Å². The average Bonchev–Trinajstić information content (AvgIpc) is 3.07. The SMILES string of the molecule is CCN(CC)C(=O)COC(=O)C1CC1[N+](=O)[O-]. The zero-order valence-electron chi connectivity index (χ0n) is 9.92. The van der Waals surface area contributed by atoms with Crippen LogP contribution in [0.1, 0.15) is 20.3 Å². The first-order valence-electron chi connectivity index (χ1n) is 5.59. The van der Waals surface area contributed by atoms with Crippen LogP contribution in [0.2, 0.25) is 0 Å². The molecular formula is C10H16N2O5. The lowest BCUT2D eigenvalue weighted by Crippen LogP contribution is -2.34. The lowest BCUT2D eigenvalue weighted by atomic mass is 10.4. The Hall–Kier alpha value is -1.66. The molecular weight excluding hydrogens is 228 g/mol. The molecule has 2 atom stereocenters. The first kappa shape index (κ1) is 13.4. The molecule has 0 saturated heterocycles. The van der Waals surface area contributed by atoms with Crippen molar-refractivity contribution in [2.45, 2.75) is 26.3 Å². The molecule has 1 rings (SSSR count). The lowest BCUT2D eigenvalue weighted by molar-refractivity contribution is -0.497. The molecule has 0 N–H and O–H groups in total. The molecule has 1 amide bonds. The molecule has 96 valence electrons. The van der Waals surface area contributed by atoms with E-state index in [2.05, 4.69) is 0 Å². The Morgan fingerprint density at radius 3 is 2.41 bits per heavy atom. The largest absolute Gasteiger partial charge is 0.455 e. The smallest absolute Gasteiger partial charge is 0.316 e. The Morgan fingerprint density at radius 1 is 1.41 bits per heavy atom. The van der Waals surface area contributed by atoms with Crippen molar-refractivity contribution >= 4 is 11.9 Å². The molecule has 0 aromatic rings. The van der Waals surface area contributed by atoms with Crippen LogP contribution < -0.4 is 0 Å². The van der Waals surface area contributed by atoms with Crippen LogP contribution in [0.5, 0.6) is 0 Å². The highest BCUT2D eigenvalue weighted by atomic mass is 16.6. The Bertz CT molecular complexity index is 327. The normalized spacial score (nSPS) is 21.8. The minimum absolute atomic E-state index is 0.214. The average molecular weight is 244 g/mol. The second kappa shape index (κ2) is 5.60. The highest BCUT2D eigenvalue weighted by Gasteiger charge is 2.54. The molecule has 17 heavy (non-hydrogen) atoms. The molecule has 7 nitrogen and oxygen atoms in total. The Morgan fingerprint density at radius 2 is 2.00 bits per heavy atom. The minimum Gasteiger partial charge on any atom is -0.455 e. The third-order valence-electron chi connectivity index (χ3n) is 2.78. The molecule has 0 aromatic heterocycles. The summed E-state index contributed by atoms with van der Waals surface area (Å²) < 4.78 is 4.76. The highest BCUT2D eigenvalue weighted by molar-refractivity contribution is 5.82. The summed E-state index contributed by atoms with van der Waals surface area (Å²) in [7, 11) is 0. The van der Waals surface area contributed by atoms with E-state index in [0.717, 1.165) is 0 Å². The molecule has 0 aromatic carbocycles. The monoisotopic (exact) mass is 244 g/mol. The molecule has 1 saturated carbocycles. The number of hydrogen-bond acceptors (Lipinski definition) is 5. The zero-order chi connectivity index (χ0) is 13.0. The predicted octanol–water partition coefficient (Wildman–Crippen LogP) is 0.0632. The maximum absolute atomic E-state index is 11.5. The van der Waals surface area contributed by atoms with Crippen molar-refractivity contribution < 1.29 is 19.2 Å². The van der Waals surface area contributed by atoms with Crippen molar-refractivity contribution in [1.29, 1.82) is 0 Å². The number of hydrogen-bond donors (Lipinski definition) is 0. The van der Waals surface area contributed by atoms with Gasteiger partial charge in [-0.1, -0.05) is 0 Å². The van der Waals surface area contributed by atoms with Gasteiger partial charge in [-0.15, -0.1) is 0 Å². The van der Waals surface area contributed by atoms with E-state index >= 15 is 0 Å². The summed E-state index contributed by atoms with van der Waals surface area (Å²) >= 11 is 0. The standard InChI is InChI=1S/C10H16N2O5/c1-3-11(4-2)9(13)6-17-10(14)7-5-8(7)12(15)16/h7-8H,3-6H2,1-2H3. The van der Waals surface area contributed by atoms with Crippen LogP contribution in [0.25, 0.3) is 0 Å². The van der Waals surface area contributed by atoms with Gasteiger partial charge in [0.1, 0.15) is 5.92 Å². The molecule has 0 bridgehead atoms. The first-order chi connectivity index (χ1) is 8.01. The van der Waals surface area contributed by atoms with Crippen LogP contribution in [0.4, 0.5) is 0 Å². The van der Waals surface area contributed by atoms with Gasteiger partial charge < -0.3 is 9.64 Å². The molecule has 1 aliphatic rings. The summed E-state index contributed by atoms with van der Waals surface area (Å²) in [6.45, 7) is 4.42. The van der Waals surface area contributed by atoms with E-state index in [9.17, 15) is 19.7 Å². The van der Waals surface area contributed by atoms with Crippen molar-refractivity contribution in [3.8, 4) is 0 Å². The second-order valence-electron chi connectivity index (χ2n) is 3.87. The number of esters is 1. The number of carbonyl (C=O) groups excluding carboxylic acids is 2. The molecule has 0 spiro atoms. The fourth-order valence-corrected chi connectivity index (χ4v) is 1.58. The van der Waals surface area contributed by atoms with E-state index in [4.69, 9.17) is 4.74 Å². The molecule has 1 fully saturated rings. The number of nitrogens with zero attached hydrogens (tertiary/aromatic N) is 2. The number of nitro groups is 1. The number of likely N-dealkylation sites (N-methyl/N-ethyl adjacent to an activating group) is 1. The quantitative estimate of drug-likeness (QED) is 0.374. The molecule has 0 radical (unpaired) electrons. The van der Waals surface area contributed by atoms with E-state index in [1.165, 1.54) is 4.90 Å². The summed E-state index contributed by atoms with van der Waals surface area (Å²) in [6.07, 6.45) is 0.214. The van der Waals surface area contributed by atoms with Crippen molar-refractivity contribution in [3.05, 3.63) is 10.1 Å². The Labute approximate surface area is 98.9 Å². The highest BCUT2D eigenvalue weighted by Crippen LogP contribution is 2.33. The Kier molecular flexibility index (Phi) is 4.42. The van der Waals surface area contributed by atoms with Crippen LogP contribution in [0, 0.1) is 16.0 Å². The van der Waals surface area contributed by atoms with Crippen molar-refractivity contribution in [2.24, 2.45) is 5.92 Å². The van der Waals surface area contributed by atoms with Gasteiger partial charge in [-0.05, 0) is 13.8 Å². The van der Waals surface area contributed by atoms with Gasteiger partial charge in [-0.2, -0.15) is 0 Å². The third-order valence-corrected chi connectivity index (χ3v) is 2.78. The van der Waals surface area contributed by atoms with E-state index in [1.807, 2.05) is 13.8 Å². The summed E-state index contributed by atoms with van der Waals surface area (Å²) in [5.74, 6) is -1.59. The number of carbonyl (C=O) groups is 2. The van der Waals surface area contributed by atoms with E-state index in [0.29, 0.717) is 13.1 Å². The first-order valence-corrected chi connectivity index (χ1v) is 5.59. The van der Waals surface area contributed by atoms with Crippen LogP contribution in [0.3, 0.4) is 0 Å². The molecule has 7 heteroatoms.